The molecule has 0 spiro atoms. The van der Waals surface area contributed by atoms with E-state index in [1.54, 1.807) is 0 Å². The number of hydrogen-bond donors (Lipinski definition) is 1. The van der Waals surface area contributed by atoms with Crippen molar-refractivity contribution in [2.45, 2.75) is 72.8 Å². The molecule has 2 rings (SSSR count). The quantitative estimate of drug-likeness (QED) is 0.915. The molecule has 1 fully saturated rings. The van der Waals surface area contributed by atoms with Crippen LogP contribution in [-0.2, 0) is 13.5 Å². The van der Waals surface area contributed by atoms with E-state index in [1.807, 2.05) is 11.7 Å². The summed E-state index contributed by atoms with van der Waals surface area (Å²) in [4.78, 5) is 0. The molecule has 1 aliphatic rings. The number of aryl methyl sites for hydroxylation is 2. The molecule has 21 heavy (non-hydrogen) atoms. The third kappa shape index (κ3) is 4.09. The zero-order valence-corrected chi connectivity index (χ0v) is 14.8. The highest BCUT2D eigenvalue weighted by Crippen LogP contribution is 2.37. The molecule has 0 unspecified atom stereocenters. The molecule has 0 atom stereocenters. The molecule has 0 aromatic carbocycles. The molecule has 1 aliphatic carbocycles. The first-order valence-electron chi connectivity index (χ1n) is 8.51. The Bertz CT molecular complexity index is 460. The molecule has 3 heteroatoms. The second kappa shape index (κ2) is 6.51. The van der Waals surface area contributed by atoms with Crippen molar-refractivity contribution in [3.63, 3.8) is 0 Å². The van der Waals surface area contributed by atoms with Gasteiger partial charge in [-0.1, -0.05) is 20.8 Å². The van der Waals surface area contributed by atoms with Gasteiger partial charge in [0.1, 0.15) is 0 Å². The van der Waals surface area contributed by atoms with Crippen molar-refractivity contribution in [2.24, 2.45) is 18.4 Å². The molecule has 0 radical (unpaired) electrons. The summed E-state index contributed by atoms with van der Waals surface area (Å²) in [6.07, 6.45) is 6.54. The first-order valence-corrected chi connectivity index (χ1v) is 8.51. The van der Waals surface area contributed by atoms with Crippen LogP contribution in [0.1, 0.15) is 63.4 Å². The molecule has 0 saturated heterocycles. The van der Waals surface area contributed by atoms with Gasteiger partial charge in [-0.3, -0.25) is 4.68 Å². The fraction of sp³-hybridized carbons (Fsp3) is 0.833. The van der Waals surface area contributed by atoms with Crippen molar-refractivity contribution in [1.29, 1.82) is 0 Å². The van der Waals surface area contributed by atoms with Gasteiger partial charge in [-0.15, -0.1) is 0 Å². The normalized spacial score (nSPS) is 23.5. The van der Waals surface area contributed by atoms with Crippen molar-refractivity contribution >= 4 is 0 Å². The average molecular weight is 291 g/mol. The molecular formula is C18H33N3. The minimum Gasteiger partial charge on any atom is -0.314 e. The van der Waals surface area contributed by atoms with E-state index in [1.165, 1.54) is 42.6 Å². The lowest BCUT2D eigenvalue weighted by Gasteiger charge is -2.37. The minimum atomic E-state index is 0.481. The van der Waals surface area contributed by atoms with Gasteiger partial charge in [0, 0.05) is 18.8 Å². The number of rotatable bonds is 4. The standard InChI is InChI=1S/C18H33N3/c1-13-17(14(2)21(6)20-13)11-12-19-16-9-7-15(8-10-16)18(3,4)5/h15-16,19H,7-12H2,1-6H3. The Morgan fingerprint density at radius 2 is 1.76 bits per heavy atom. The lowest BCUT2D eigenvalue weighted by atomic mass is 9.71. The predicted molar refractivity (Wildman–Crippen MR) is 89.6 cm³/mol. The average Bonchev–Trinajstić information content (AvgIpc) is 2.64. The van der Waals surface area contributed by atoms with Gasteiger partial charge >= 0.3 is 0 Å². The van der Waals surface area contributed by atoms with Crippen LogP contribution in [0.15, 0.2) is 0 Å². The van der Waals surface area contributed by atoms with Gasteiger partial charge in [0.25, 0.3) is 0 Å². The van der Waals surface area contributed by atoms with Crippen molar-refractivity contribution in [2.75, 3.05) is 6.54 Å². The van der Waals surface area contributed by atoms with E-state index in [0.717, 1.165) is 24.9 Å². The van der Waals surface area contributed by atoms with E-state index < -0.39 is 0 Å². The maximum absolute atomic E-state index is 4.50. The zero-order valence-electron chi connectivity index (χ0n) is 14.8. The summed E-state index contributed by atoms with van der Waals surface area (Å²) in [6.45, 7) is 12.5. The van der Waals surface area contributed by atoms with E-state index in [4.69, 9.17) is 0 Å². The Morgan fingerprint density at radius 1 is 1.14 bits per heavy atom. The number of aromatic nitrogens is 2. The van der Waals surface area contributed by atoms with Crippen LogP contribution < -0.4 is 5.32 Å². The summed E-state index contributed by atoms with van der Waals surface area (Å²) in [5.41, 5.74) is 4.40. The van der Waals surface area contributed by atoms with Gasteiger partial charge in [0.05, 0.1) is 5.69 Å². The molecule has 1 heterocycles. The molecule has 1 aromatic heterocycles. The van der Waals surface area contributed by atoms with Crippen LogP contribution in [0.5, 0.6) is 0 Å². The molecule has 1 N–H and O–H groups in total. The highest BCUT2D eigenvalue weighted by molar-refractivity contribution is 5.24. The molecule has 0 aliphatic heterocycles. The first-order chi connectivity index (χ1) is 9.79. The summed E-state index contributed by atoms with van der Waals surface area (Å²) in [5, 5.41) is 8.27. The topological polar surface area (TPSA) is 29.9 Å². The van der Waals surface area contributed by atoms with Crippen LogP contribution in [0.3, 0.4) is 0 Å². The van der Waals surface area contributed by atoms with Crippen LogP contribution in [0, 0.1) is 25.2 Å². The van der Waals surface area contributed by atoms with E-state index in [2.05, 4.69) is 45.0 Å². The Hall–Kier alpha value is -0.830. The van der Waals surface area contributed by atoms with Crippen LogP contribution in [0.4, 0.5) is 0 Å². The molecule has 1 saturated carbocycles. The number of hydrogen-bond acceptors (Lipinski definition) is 2. The third-order valence-corrected chi connectivity index (χ3v) is 5.42. The smallest absolute Gasteiger partial charge is 0.0628 e. The second-order valence-corrected chi connectivity index (χ2v) is 7.89. The lowest BCUT2D eigenvalue weighted by Crippen LogP contribution is -2.37. The predicted octanol–water partition coefficient (Wildman–Crippen LogP) is 3.77. The molecular weight excluding hydrogens is 258 g/mol. The van der Waals surface area contributed by atoms with Gasteiger partial charge in [-0.25, -0.2) is 0 Å². The second-order valence-electron chi connectivity index (χ2n) is 7.89. The Kier molecular flexibility index (Phi) is 5.13. The van der Waals surface area contributed by atoms with E-state index in [-0.39, 0.29) is 0 Å². The monoisotopic (exact) mass is 291 g/mol. The van der Waals surface area contributed by atoms with E-state index in [0.29, 0.717) is 5.41 Å². The van der Waals surface area contributed by atoms with Crippen LogP contribution >= 0.6 is 0 Å². The van der Waals surface area contributed by atoms with Gasteiger partial charge < -0.3 is 5.32 Å². The highest BCUT2D eigenvalue weighted by atomic mass is 15.3. The van der Waals surface area contributed by atoms with Crippen LogP contribution in [-0.4, -0.2) is 22.4 Å². The van der Waals surface area contributed by atoms with Gasteiger partial charge in [0.2, 0.25) is 0 Å². The molecule has 1 aromatic rings. The van der Waals surface area contributed by atoms with Gasteiger partial charge in [0.15, 0.2) is 0 Å². The van der Waals surface area contributed by atoms with Gasteiger partial charge in [-0.05, 0) is 69.4 Å². The minimum absolute atomic E-state index is 0.481. The Balaban J connectivity index is 1.75. The Morgan fingerprint density at radius 3 is 2.24 bits per heavy atom. The largest absolute Gasteiger partial charge is 0.314 e. The van der Waals surface area contributed by atoms with Crippen LogP contribution in [0.25, 0.3) is 0 Å². The zero-order chi connectivity index (χ0) is 15.6. The van der Waals surface area contributed by atoms with E-state index >= 15 is 0 Å². The molecule has 0 bridgehead atoms. The fourth-order valence-corrected chi connectivity index (χ4v) is 3.74. The lowest BCUT2D eigenvalue weighted by molar-refractivity contribution is 0.160. The maximum Gasteiger partial charge on any atom is 0.0628 e. The summed E-state index contributed by atoms with van der Waals surface area (Å²) in [5.74, 6) is 0.901. The fourth-order valence-electron chi connectivity index (χ4n) is 3.74. The molecule has 120 valence electrons. The third-order valence-electron chi connectivity index (χ3n) is 5.42. The SMILES string of the molecule is Cc1nn(C)c(C)c1CCNC1CCC(C(C)(C)C)CC1. The van der Waals surface area contributed by atoms with Crippen molar-refractivity contribution < 1.29 is 0 Å². The summed E-state index contributed by atoms with van der Waals surface area (Å²) in [7, 11) is 2.03. The van der Waals surface area contributed by atoms with Crippen LogP contribution in [0.2, 0.25) is 0 Å². The number of nitrogens with one attached hydrogen (secondary N) is 1. The first kappa shape index (κ1) is 16.5. The van der Waals surface area contributed by atoms with Crippen molar-refractivity contribution in [3.05, 3.63) is 17.0 Å². The molecule has 3 nitrogen and oxygen atoms in total. The summed E-state index contributed by atoms with van der Waals surface area (Å²) in [6, 6.07) is 0.723. The summed E-state index contributed by atoms with van der Waals surface area (Å²) < 4.78 is 2.00. The Labute approximate surface area is 130 Å². The number of nitrogens with zero attached hydrogens (tertiary/aromatic N) is 2. The molecule has 0 amide bonds. The van der Waals surface area contributed by atoms with E-state index in [9.17, 15) is 0 Å². The summed E-state index contributed by atoms with van der Waals surface area (Å²) >= 11 is 0. The highest BCUT2D eigenvalue weighted by Gasteiger charge is 2.29. The van der Waals surface area contributed by atoms with Gasteiger partial charge in [-0.2, -0.15) is 5.10 Å². The van der Waals surface area contributed by atoms with Crippen molar-refractivity contribution in [1.82, 2.24) is 15.1 Å². The maximum atomic E-state index is 4.50. The van der Waals surface area contributed by atoms with Crippen molar-refractivity contribution in [3.8, 4) is 0 Å².